The molecule has 58 valence electrons. The summed E-state index contributed by atoms with van der Waals surface area (Å²) in [6.45, 7) is 2.47. The van der Waals surface area contributed by atoms with Gasteiger partial charge >= 0.3 is 0 Å². The van der Waals surface area contributed by atoms with E-state index in [4.69, 9.17) is 5.73 Å². The summed E-state index contributed by atoms with van der Waals surface area (Å²) in [6.07, 6.45) is 2.74. The number of nitrogens with two attached hydrogens (primary N) is 1. The molecule has 3 atom stereocenters. The van der Waals surface area contributed by atoms with Gasteiger partial charge in [-0.15, -0.1) is 0 Å². The third kappa shape index (κ3) is 0.867. The molecule has 0 aromatic carbocycles. The van der Waals surface area contributed by atoms with E-state index < -0.39 is 0 Å². The van der Waals surface area contributed by atoms with Crippen LogP contribution in [0.1, 0.15) is 12.8 Å². The molecule has 1 unspecified atom stereocenters. The molecule has 2 aliphatic rings. The van der Waals surface area contributed by atoms with Gasteiger partial charge in [0.1, 0.15) is 0 Å². The Kier molecular flexibility index (Phi) is 1.46. The van der Waals surface area contributed by atoms with Crippen LogP contribution < -0.4 is 5.73 Å². The van der Waals surface area contributed by atoms with Crippen molar-refractivity contribution in [1.29, 1.82) is 0 Å². The average molecular weight is 140 g/mol. The van der Waals surface area contributed by atoms with Crippen LogP contribution in [-0.2, 0) is 0 Å². The highest BCUT2D eigenvalue weighted by Crippen LogP contribution is 2.34. The monoisotopic (exact) mass is 140 g/mol. The van der Waals surface area contributed by atoms with Crippen molar-refractivity contribution >= 4 is 0 Å². The van der Waals surface area contributed by atoms with Gasteiger partial charge < -0.3 is 10.6 Å². The number of hydrogen-bond donors (Lipinski definition) is 1. The fourth-order valence-corrected chi connectivity index (χ4v) is 2.50. The molecule has 1 heterocycles. The molecule has 1 saturated heterocycles. The highest BCUT2D eigenvalue weighted by Gasteiger charge is 2.38. The normalized spacial score (nSPS) is 48.0. The third-order valence-corrected chi connectivity index (χ3v) is 3.09. The Morgan fingerprint density at radius 1 is 1.20 bits per heavy atom. The summed E-state index contributed by atoms with van der Waals surface area (Å²) in [5.41, 5.74) is 6.02. The first-order valence-electron chi connectivity index (χ1n) is 4.21. The molecule has 0 amide bonds. The molecule has 2 rings (SSSR count). The number of rotatable bonds is 0. The van der Waals surface area contributed by atoms with Crippen LogP contribution in [0, 0.1) is 11.8 Å². The van der Waals surface area contributed by atoms with Gasteiger partial charge in [0.05, 0.1) is 0 Å². The predicted octanol–water partition coefficient (Wildman–Crippen LogP) is 0.285. The first-order valence-corrected chi connectivity index (χ1v) is 4.21. The van der Waals surface area contributed by atoms with Gasteiger partial charge in [-0.2, -0.15) is 0 Å². The van der Waals surface area contributed by atoms with Gasteiger partial charge in [-0.05, 0) is 31.7 Å². The van der Waals surface area contributed by atoms with Crippen LogP contribution in [0.5, 0.6) is 0 Å². The lowest BCUT2D eigenvalue weighted by atomic mass is 9.94. The van der Waals surface area contributed by atoms with Gasteiger partial charge in [0.25, 0.3) is 0 Å². The van der Waals surface area contributed by atoms with Gasteiger partial charge in [0.2, 0.25) is 0 Å². The summed E-state index contributed by atoms with van der Waals surface area (Å²) in [7, 11) is 2.21. The zero-order chi connectivity index (χ0) is 7.14. The first kappa shape index (κ1) is 6.62. The molecule has 0 aromatic heterocycles. The third-order valence-electron chi connectivity index (χ3n) is 3.09. The summed E-state index contributed by atoms with van der Waals surface area (Å²) in [5.74, 6) is 1.62. The molecule has 2 fully saturated rings. The first-order chi connectivity index (χ1) is 4.77. The number of hydrogen-bond acceptors (Lipinski definition) is 2. The van der Waals surface area contributed by atoms with Crippen LogP contribution in [0.4, 0.5) is 0 Å². The van der Waals surface area contributed by atoms with E-state index in [0.717, 1.165) is 11.8 Å². The minimum absolute atomic E-state index is 0.524. The molecule has 0 spiro atoms. The second-order valence-corrected chi connectivity index (χ2v) is 3.90. The maximum absolute atomic E-state index is 6.02. The largest absolute Gasteiger partial charge is 0.327 e. The molecule has 2 bridgehead atoms. The maximum Gasteiger partial charge on any atom is 0.0120 e. The van der Waals surface area contributed by atoms with Gasteiger partial charge in [0.15, 0.2) is 0 Å². The molecule has 2 N–H and O–H groups in total. The highest BCUT2D eigenvalue weighted by atomic mass is 15.1. The summed E-state index contributed by atoms with van der Waals surface area (Å²) >= 11 is 0. The van der Waals surface area contributed by atoms with E-state index >= 15 is 0 Å². The van der Waals surface area contributed by atoms with Gasteiger partial charge in [-0.25, -0.2) is 0 Å². The van der Waals surface area contributed by atoms with Crippen LogP contribution in [0.25, 0.3) is 0 Å². The van der Waals surface area contributed by atoms with Gasteiger partial charge in [-0.1, -0.05) is 0 Å². The molecule has 10 heavy (non-hydrogen) atoms. The standard InChI is InChI=1S/C8H16N2/c1-10-4-6-2-3-7(5-10)8(6)9/h6-8H,2-5,9H2,1H3/t6-,7+,8?. The minimum atomic E-state index is 0.524. The van der Waals surface area contributed by atoms with Crippen molar-refractivity contribution in [3.05, 3.63) is 0 Å². The predicted molar refractivity (Wildman–Crippen MR) is 41.7 cm³/mol. The van der Waals surface area contributed by atoms with E-state index in [1.807, 2.05) is 0 Å². The lowest BCUT2D eigenvalue weighted by Gasteiger charge is -2.33. The zero-order valence-electron chi connectivity index (χ0n) is 6.59. The Hall–Kier alpha value is -0.0800. The molecule has 2 heteroatoms. The Labute approximate surface area is 62.4 Å². The Morgan fingerprint density at radius 2 is 1.70 bits per heavy atom. The summed E-state index contributed by atoms with van der Waals surface area (Å²) in [6, 6.07) is 0.524. The van der Waals surface area contributed by atoms with Crippen LogP contribution in [0.2, 0.25) is 0 Å². The molecule has 0 aromatic rings. The van der Waals surface area contributed by atoms with Crippen molar-refractivity contribution in [2.75, 3.05) is 20.1 Å². The van der Waals surface area contributed by atoms with E-state index in [0.29, 0.717) is 6.04 Å². The molecule has 0 radical (unpaired) electrons. The molecule has 2 nitrogen and oxygen atoms in total. The van der Waals surface area contributed by atoms with Crippen molar-refractivity contribution in [3.63, 3.8) is 0 Å². The Balaban J connectivity index is 2.09. The van der Waals surface area contributed by atoms with E-state index in [-0.39, 0.29) is 0 Å². The van der Waals surface area contributed by atoms with Crippen LogP contribution >= 0.6 is 0 Å². The summed E-state index contributed by atoms with van der Waals surface area (Å²) in [5, 5.41) is 0. The van der Waals surface area contributed by atoms with Gasteiger partial charge in [0, 0.05) is 19.1 Å². The second-order valence-electron chi connectivity index (χ2n) is 3.90. The fraction of sp³-hybridized carbons (Fsp3) is 1.00. The lowest BCUT2D eigenvalue weighted by Crippen LogP contribution is -2.47. The molecule has 1 aliphatic carbocycles. The smallest absolute Gasteiger partial charge is 0.0120 e. The molecule has 1 aliphatic heterocycles. The molecular weight excluding hydrogens is 124 g/mol. The molecular formula is C8H16N2. The van der Waals surface area contributed by atoms with Crippen molar-refractivity contribution in [1.82, 2.24) is 4.90 Å². The van der Waals surface area contributed by atoms with Crippen molar-refractivity contribution in [3.8, 4) is 0 Å². The maximum atomic E-state index is 6.02. The van der Waals surface area contributed by atoms with E-state index in [1.165, 1.54) is 25.9 Å². The van der Waals surface area contributed by atoms with Gasteiger partial charge in [-0.3, -0.25) is 0 Å². The van der Waals surface area contributed by atoms with Crippen molar-refractivity contribution < 1.29 is 0 Å². The summed E-state index contributed by atoms with van der Waals surface area (Å²) in [4.78, 5) is 2.42. The number of piperidine rings is 1. The Bertz CT molecular complexity index is 121. The SMILES string of the molecule is CN1C[C@H]2CC[C@@H](C1)C2N. The van der Waals surface area contributed by atoms with Crippen molar-refractivity contribution in [2.45, 2.75) is 18.9 Å². The zero-order valence-corrected chi connectivity index (χ0v) is 6.59. The van der Waals surface area contributed by atoms with E-state index in [9.17, 15) is 0 Å². The minimum Gasteiger partial charge on any atom is -0.327 e. The topological polar surface area (TPSA) is 29.3 Å². The van der Waals surface area contributed by atoms with Crippen LogP contribution in [-0.4, -0.2) is 31.1 Å². The number of nitrogens with zero attached hydrogens (tertiary/aromatic N) is 1. The average Bonchev–Trinajstić information content (AvgIpc) is 2.20. The highest BCUT2D eigenvalue weighted by molar-refractivity contribution is 4.94. The van der Waals surface area contributed by atoms with Crippen LogP contribution in [0.15, 0.2) is 0 Å². The second kappa shape index (κ2) is 2.21. The fourth-order valence-electron chi connectivity index (χ4n) is 2.50. The number of fused-ring (bicyclic) bond motifs is 2. The van der Waals surface area contributed by atoms with E-state index in [1.54, 1.807) is 0 Å². The number of likely N-dealkylation sites (tertiary alicyclic amines) is 1. The van der Waals surface area contributed by atoms with Crippen molar-refractivity contribution in [2.24, 2.45) is 17.6 Å². The quantitative estimate of drug-likeness (QED) is 0.524. The summed E-state index contributed by atoms with van der Waals surface area (Å²) < 4.78 is 0. The van der Waals surface area contributed by atoms with Crippen LogP contribution in [0.3, 0.4) is 0 Å². The lowest BCUT2D eigenvalue weighted by molar-refractivity contribution is 0.177. The Morgan fingerprint density at radius 3 is 2.20 bits per heavy atom. The molecule has 1 saturated carbocycles. The van der Waals surface area contributed by atoms with E-state index in [2.05, 4.69) is 11.9 Å².